The summed E-state index contributed by atoms with van der Waals surface area (Å²) in [5.74, 6) is -0.891. The van der Waals surface area contributed by atoms with E-state index in [1.807, 2.05) is 24.3 Å². The van der Waals surface area contributed by atoms with Crippen LogP contribution in [0.5, 0.6) is 0 Å². The van der Waals surface area contributed by atoms with Gasteiger partial charge in [-0.25, -0.2) is 4.39 Å². The highest BCUT2D eigenvalue weighted by Crippen LogP contribution is 2.24. The van der Waals surface area contributed by atoms with Crippen LogP contribution in [-0.2, 0) is 9.59 Å². The van der Waals surface area contributed by atoms with Crippen molar-refractivity contribution in [2.75, 3.05) is 49.5 Å². The van der Waals surface area contributed by atoms with Crippen LogP contribution >= 0.6 is 11.6 Å². The van der Waals surface area contributed by atoms with Crippen LogP contribution in [0.4, 0.5) is 15.8 Å². The van der Waals surface area contributed by atoms with Crippen molar-refractivity contribution < 1.29 is 18.9 Å². The summed E-state index contributed by atoms with van der Waals surface area (Å²) in [7, 11) is 0. The fourth-order valence-electron chi connectivity index (χ4n) is 3.16. The van der Waals surface area contributed by atoms with Crippen LogP contribution in [-0.4, -0.2) is 51.1 Å². The van der Waals surface area contributed by atoms with Gasteiger partial charge in [-0.15, -0.1) is 0 Å². The summed E-state index contributed by atoms with van der Waals surface area (Å²) in [4.78, 5) is 27.4. The molecule has 28 heavy (non-hydrogen) atoms. The largest absolute Gasteiger partial charge is 0.359 e. The van der Waals surface area contributed by atoms with Gasteiger partial charge in [0.05, 0.1) is 43.4 Å². The van der Waals surface area contributed by atoms with E-state index in [4.69, 9.17) is 11.6 Å². The van der Waals surface area contributed by atoms with Gasteiger partial charge in [0.1, 0.15) is 5.82 Å². The standard InChI is InChI=1S/C20H22ClFN4O2/c21-17-3-1-2-4-18(17)26-11-9-25(10-12-26)14-20(28)23-13-19(27)24-16-7-5-15(22)6-8-16/h1-8H,9-14H2,(H,23,28)(H,24,27)/p+1. The molecule has 3 rings (SSSR count). The van der Waals surface area contributed by atoms with E-state index in [1.54, 1.807) is 0 Å². The van der Waals surface area contributed by atoms with Crippen molar-refractivity contribution in [3.63, 3.8) is 0 Å². The van der Waals surface area contributed by atoms with Crippen molar-refractivity contribution in [3.8, 4) is 0 Å². The highest BCUT2D eigenvalue weighted by atomic mass is 35.5. The summed E-state index contributed by atoms with van der Waals surface area (Å²) in [5, 5.41) is 5.98. The molecule has 2 aromatic carbocycles. The lowest BCUT2D eigenvalue weighted by atomic mass is 10.2. The number of piperazine rings is 1. The second-order valence-electron chi connectivity index (χ2n) is 6.70. The van der Waals surface area contributed by atoms with Crippen molar-refractivity contribution in [2.24, 2.45) is 0 Å². The quantitative estimate of drug-likeness (QED) is 0.670. The molecule has 0 bridgehead atoms. The first kappa shape index (κ1) is 20.1. The molecule has 3 N–H and O–H groups in total. The molecule has 0 saturated carbocycles. The van der Waals surface area contributed by atoms with Crippen molar-refractivity contribution in [1.82, 2.24) is 5.32 Å². The summed E-state index contributed by atoms with van der Waals surface area (Å²) in [6.45, 7) is 3.48. The smallest absolute Gasteiger partial charge is 0.275 e. The fourth-order valence-corrected chi connectivity index (χ4v) is 3.41. The lowest BCUT2D eigenvalue weighted by molar-refractivity contribution is -0.892. The number of benzene rings is 2. The molecule has 2 aromatic rings. The average molecular weight is 406 g/mol. The number of para-hydroxylation sites is 1. The number of amides is 2. The van der Waals surface area contributed by atoms with E-state index in [0.717, 1.165) is 36.9 Å². The van der Waals surface area contributed by atoms with Crippen molar-refractivity contribution >= 4 is 34.8 Å². The highest BCUT2D eigenvalue weighted by Gasteiger charge is 2.23. The first-order chi connectivity index (χ1) is 13.5. The fraction of sp³-hybridized carbons (Fsp3) is 0.300. The van der Waals surface area contributed by atoms with Crippen LogP contribution in [0.15, 0.2) is 48.5 Å². The predicted octanol–water partition coefficient (Wildman–Crippen LogP) is 0.939. The van der Waals surface area contributed by atoms with Crippen LogP contribution in [0.2, 0.25) is 5.02 Å². The molecule has 1 saturated heterocycles. The van der Waals surface area contributed by atoms with Crippen LogP contribution in [0, 0.1) is 5.82 Å². The Hall–Kier alpha value is -2.64. The van der Waals surface area contributed by atoms with Crippen molar-refractivity contribution in [3.05, 3.63) is 59.4 Å². The first-order valence-electron chi connectivity index (χ1n) is 9.16. The summed E-state index contributed by atoms with van der Waals surface area (Å²) >= 11 is 6.25. The second kappa shape index (κ2) is 9.52. The molecule has 1 aliphatic heterocycles. The summed E-state index contributed by atoms with van der Waals surface area (Å²) in [6.07, 6.45) is 0. The molecule has 0 unspecified atom stereocenters. The monoisotopic (exact) mass is 405 g/mol. The number of halogens is 2. The number of rotatable bonds is 6. The molecule has 8 heteroatoms. The van der Waals surface area contributed by atoms with Gasteiger partial charge in [-0.3, -0.25) is 9.59 Å². The normalized spacial score (nSPS) is 14.6. The first-order valence-corrected chi connectivity index (χ1v) is 9.54. The minimum absolute atomic E-state index is 0.116. The zero-order valence-corrected chi connectivity index (χ0v) is 16.1. The molecular weight excluding hydrogens is 383 g/mol. The minimum atomic E-state index is -0.371. The van der Waals surface area contributed by atoms with E-state index in [-0.39, 0.29) is 24.2 Å². The number of nitrogens with one attached hydrogen (secondary N) is 3. The van der Waals surface area contributed by atoms with E-state index in [9.17, 15) is 14.0 Å². The number of anilines is 2. The molecule has 1 heterocycles. The molecule has 6 nitrogen and oxygen atoms in total. The Kier molecular flexibility index (Phi) is 6.84. The number of carbonyl (C=O) groups is 2. The van der Waals surface area contributed by atoms with Gasteiger partial charge in [-0.05, 0) is 36.4 Å². The molecule has 0 aromatic heterocycles. The summed E-state index contributed by atoms with van der Waals surface area (Å²) in [5.41, 5.74) is 1.51. The average Bonchev–Trinajstić information content (AvgIpc) is 2.69. The maximum absolute atomic E-state index is 12.9. The molecule has 0 radical (unpaired) electrons. The number of nitrogens with zero attached hydrogens (tertiary/aromatic N) is 1. The lowest BCUT2D eigenvalue weighted by Gasteiger charge is -2.33. The summed E-state index contributed by atoms with van der Waals surface area (Å²) in [6, 6.07) is 13.2. The Bertz CT molecular complexity index is 823. The van der Waals surface area contributed by atoms with E-state index in [0.29, 0.717) is 12.2 Å². The third kappa shape index (κ3) is 5.68. The molecule has 1 fully saturated rings. The molecule has 0 atom stereocenters. The molecular formula is C20H23ClFN4O2+. The van der Waals surface area contributed by atoms with Gasteiger partial charge in [-0.1, -0.05) is 23.7 Å². The van der Waals surface area contributed by atoms with Crippen LogP contribution in [0.1, 0.15) is 0 Å². The number of carbonyl (C=O) groups excluding carboxylic acids is 2. The Morgan fingerprint density at radius 2 is 1.71 bits per heavy atom. The van der Waals surface area contributed by atoms with Crippen LogP contribution < -0.4 is 20.4 Å². The number of hydrogen-bond donors (Lipinski definition) is 3. The maximum atomic E-state index is 12.9. The second-order valence-corrected chi connectivity index (χ2v) is 7.10. The van der Waals surface area contributed by atoms with Gasteiger partial charge in [0.15, 0.2) is 6.54 Å². The Labute approximate surface area is 168 Å². The van der Waals surface area contributed by atoms with Gasteiger partial charge >= 0.3 is 0 Å². The Morgan fingerprint density at radius 1 is 1.04 bits per heavy atom. The van der Waals surface area contributed by atoms with E-state index in [1.165, 1.54) is 29.2 Å². The van der Waals surface area contributed by atoms with Crippen molar-refractivity contribution in [1.29, 1.82) is 0 Å². The molecule has 1 aliphatic rings. The highest BCUT2D eigenvalue weighted by molar-refractivity contribution is 6.33. The molecule has 148 valence electrons. The Balaban J connectivity index is 1.38. The zero-order chi connectivity index (χ0) is 19.9. The van der Waals surface area contributed by atoms with Gasteiger partial charge in [0.25, 0.3) is 5.91 Å². The molecule has 2 amide bonds. The maximum Gasteiger partial charge on any atom is 0.275 e. The number of quaternary nitrogens is 1. The Morgan fingerprint density at radius 3 is 2.39 bits per heavy atom. The van der Waals surface area contributed by atoms with Crippen molar-refractivity contribution in [2.45, 2.75) is 0 Å². The van der Waals surface area contributed by atoms with E-state index in [2.05, 4.69) is 15.5 Å². The SMILES string of the molecule is O=C(C[NH+]1CCN(c2ccccc2Cl)CC1)NCC(=O)Nc1ccc(F)cc1. The molecule has 0 aliphatic carbocycles. The molecule has 0 spiro atoms. The lowest BCUT2D eigenvalue weighted by Crippen LogP contribution is -3.16. The third-order valence-electron chi connectivity index (χ3n) is 4.65. The van der Waals surface area contributed by atoms with E-state index < -0.39 is 0 Å². The van der Waals surface area contributed by atoms with Crippen LogP contribution in [0.25, 0.3) is 0 Å². The van der Waals surface area contributed by atoms with Gasteiger partial charge in [-0.2, -0.15) is 0 Å². The minimum Gasteiger partial charge on any atom is -0.359 e. The van der Waals surface area contributed by atoms with Crippen LogP contribution in [0.3, 0.4) is 0 Å². The predicted molar refractivity (Wildman–Crippen MR) is 107 cm³/mol. The van der Waals surface area contributed by atoms with E-state index >= 15 is 0 Å². The topological polar surface area (TPSA) is 65.9 Å². The summed E-state index contributed by atoms with van der Waals surface area (Å²) < 4.78 is 12.9. The van der Waals surface area contributed by atoms with Gasteiger partial charge in [0.2, 0.25) is 5.91 Å². The zero-order valence-electron chi connectivity index (χ0n) is 15.4. The number of hydrogen-bond acceptors (Lipinski definition) is 3. The van der Waals surface area contributed by atoms with Gasteiger partial charge in [0, 0.05) is 5.69 Å². The third-order valence-corrected chi connectivity index (χ3v) is 4.97. The van der Waals surface area contributed by atoms with Gasteiger partial charge < -0.3 is 20.4 Å².